The van der Waals surface area contributed by atoms with E-state index < -0.39 is 0 Å². The van der Waals surface area contributed by atoms with Gasteiger partial charge in [-0.05, 0) is 37.2 Å². The van der Waals surface area contributed by atoms with Crippen LogP contribution in [-0.4, -0.2) is 23.6 Å². The van der Waals surface area contributed by atoms with E-state index in [0.29, 0.717) is 6.54 Å². The van der Waals surface area contributed by atoms with Gasteiger partial charge in [0.05, 0.1) is 18.8 Å². The molecule has 2 heterocycles. The minimum Gasteiger partial charge on any atom is -0.454 e. The number of benzene rings is 1. The van der Waals surface area contributed by atoms with Gasteiger partial charge in [-0.15, -0.1) is 0 Å². The summed E-state index contributed by atoms with van der Waals surface area (Å²) in [6, 6.07) is 7.33. The molecule has 0 bridgehead atoms. The Hall–Kier alpha value is -2.34. The van der Waals surface area contributed by atoms with Gasteiger partial charge in [0.25, 0.3) is 5.56 Å². The van der Waals surface area contributed by atoms with E-state index in [2.05, 4.69) is 10.4 Å². The Bertz CT molecular complexity index is 712. The summed E-state index contributed by atoms with van der Waals surface area (Å²) in [5, 5.41) is 7.38. The molecule has 0 radical (unpaired) electrons. The van der Waals surface area contributed by atoms with E-state index in [1.165, 1.54) is 4.68 Å². The molecule has 1 unspecified atom stereocenters. The van der Waals surface area contributed by atoms with Crippen molar-refractivity contribution in [2.75, 3.05) is 13.8 Å². The quantitative estimate of drug-likeness (QED) is 0.916. The van der Waals surface area contributed by atoms with Crippen molar-refractivity contribution < 1.29 is 9.47 Å². The molecule has 110 valence electrons. The molecule has 1 atom stereocenters. The second kappa shape index (κ2) is 5.57. The molecule has 0 fully saturated rings. The van der Waals surface area contributed by atoms with E-state index in [1.807, 2.05) is 32.2 Å². The van der Waals surface area contributed by atoms with Gasteiger partial charge in [0.2, 0.25) is 6.79 Å². The fourth-order valence-corrected chi connectivity index (χ4v) is 2.33. The Balaban J connectivity index is 1.86. The number of hydrogen-bond donors (Lipinski definition) is 1. The first-order valence-electron chi connectivity index (χ1n) is 6.78. The minimum absolute atomic E-state index is 0.0348. The van der Waals surface area contributed by atoms with Crippen molar-refractivity contribution in [3.8, 4) is 11.5 Å². The van der Waals surface area contributed by atoms with Crippen LogP contribution in [0.1, 0.15) is 17.2 Å². The highest BCUT2D eigenvalue weighted by Gasteiger charge is 2.18. The van der Waals surface area contributed by atoms with Crippen LogP contribution in [0.4, 0.5) is 0 Å². The molecule has 0 saturated carbocycles. The van der Waals surface area contributed by atoms with E-state index in [9.17, 15) is 4.79 Å². The first kappa shape index (κ1) is 13.6. The highest BCUT2D eigenvalue weighted by Crippen LogP contribution is 2.34. The lowest BCUT2D eigenvalue weighted by atomic mass is 10.1. The second-order valence-corrected chi connectivity index (χ2v) is 5.01. The molecule has 0 amide bonds. The molecule has 0 aliphatic carbocycles. The van der Waals surface area contributed by atoms with Crippen LogP contribution >= 0.6 is 0 Å². The largest absolute Gasteiger partial charge is 0.454 e. The van der Waals surface area contributed by atoms with Crippen molar-refractivity contribution >= 4 is 0 Å². The average Bonchev–Trinajstić information content (AvgIpc) is 2.94. The van der Waals surface area contributed by atoms with Crippen LogP contribution in [0.15, 0.2) is 35.3 Å². The average molecular weight is 287 g/mol. The monoisotopic (exact) mass is 287 g/mol. The van der Waals surface area contributed by atoms with Gasteiger partial charge in [0, 0.05) is 6.07 Å². The Labute approximate surface area is 122 Å². The summed E-state index contributed by atoms with van der Waals surface area (Å²) < 4.78 is 12.2. The minimum atomic E-state index is -0.101. The van der Waals surface area contributed by atoms with Crippen molar-refractivity contribution in [3.63, 3.8) is 0 Å². The van der Waals surface area contributed by atoms with Crippen molar-refractivity contribution in [3.05, 3.63) is 51.9 Å². The number of aryl methyl sites for hydroxylation is 1. The number of rotatable bonds is 4. The van der Waals surface area contributed by atoms with Gasteiger partial charge < -0.3 is 14.8 Å². The molecule has 0 spiro atoms. The zero-order valence-corrected chi connectivity index (χ0v) is 12.0. The van der Waals surface area contributed by atoms with E-state index in [1.54, 1.807) is 12.3 Å². The first-order valence-corrected chi connectivity index (χ1v) is 6.78. The van der Waals surface area contributed by atoms with Crippen molar-refractivity contribution in [2.24, 2.45) is 0 Å². The van der Waals surface area contributed by atoms with Crippen molar-refractivity contribution in [1.82, 2.24) is 15.1 Å². The Morgan fingerprint density at radius 3 is 2.90 bits per heavy atom. The van der Waals surface area contributed by atoms with Crippen LogP contribution in [0, 0.1) is 6.92 Å². The molecule has 6 heteroatoms. The fourth-order valence-electron chi connectivity index (χ4n) is 2.33. The molecule has 21 heavy (non-hydrogen) atoms. The maximum Gasteiger partial charge on any atom is 0.267 e. The number of hydrogen-bond acceptors (Lipinski definition) is 5. The van der Waals surface area contributed by atoms with E-state index in [4.69, 9.17) is 9.47 Å². The zero-order valence-electron chi connectivity index (χ0n) is 12.0. The van der Waals surface area contributed by atoms with Crippen molar-refractivity contribution in [2.45, 2.75) is 19.5 Å². The molecule has 1 aromatic carbocycles. The van der Waals surface area contributed by atoms with Gasteiger partial charge in [-0.1, -0.05) is 6.07 Å². The summed E-state index contributed by atoms with van der Waals surface area (Å²) in [6.07, 6.45) is 1.69. The van der Waals surface area contributed by atoms with E-state index >= 15 is 0 Å². The highest BCUT2D eigenvalue weighted by atomic mass is 16.7. The van der Waals surface area contributed by atoms with Crippen LogP contribution in [0.5, 0.6) is 11.5 Å². The SMILES string of the molecule is CNC(Cn1ncc(C)cc1=O)c1ccc2c(c1)OCO2. The molecular formula is C15H17N3O3. The summed E-state index contributed by atoms with van der Waals surface area (Å²) in [7, 11) is 1.86. The first-order chi connectivity index (χ1) is 10.2. The molecule has 6 nitrogen and oxygen atoms in total. The summed E-state index contributed by atoms with van der Waals surface area (Å²) in [6.45, 7) is 2.56. The molecule has 0 saturated heterocycles. The van der Waals surface area contributed by atoms with Crippen LogP contribution in [-0.2, 0) is 6.54 Å². The normalized spacial score (nSPS) is 14.2. The smallest absolute Gasteiger partial charge is 0.267 e. The van der Waals surface area contributed by atoms with Crippen molar-refractivity contribution in [1.29, 1.82) is 0 Å². The molecule has 3 rings (SSSR count). The maximum absolute atomic E-state index is 11.9. The number of nitrogens with zero attached hydrogens (tertiary/aromatic N) is 2. The lowest BCUT2D eigenvalue weighted by molar-refractivity contribution is 0.174. The van der Waals surface area contributed by atoms with E-state index in [0.717, 1.165) is 22.6 Å². The van der Waals surface area contributed by atoms with E-state index in [-0.39, 0.29) is 18.4 Å². The summed E-state index contributed by atoms with van der Waals surface area (Å²) in [4.78, 5) is 11.9. The summed E-state index contributed by atoms with van der Waals surface area (Å²) in [5.74, 6) is 1.48. The van der Waals surface area contributed by atoms with Crippen LogP contribution in [0.3, 0.4) is 0 Å². The third-order valence-electron chi connectivity index (χ3n) is 3.51. The molecule has 2 aromatic rings. The number of nitrogens with one attached hydrogen (secondary N) is 1. The molecule has 1 aliphatic rings. The second-order valence-electron chi connectivity index (χ2n) is 5.01. The fraction of sp³-hybridized carbons (Fsp3) is 0.333. The molecule has 1 aliphatic heterocycles. The van der Waals surface area contributed by atoms with Gasteiger partial charge in [-0.25, -0.2) is 4.68 Å². The van der Waals surface area contributed by atoms with Gasteiger partial charge in [0.1, 0.15) is 0 Å². The van der Waals surface area contributed by atoms with Gasteiger partial charge >= 0.3 is 0 Å². The topological polar surface area (TPSA) is 65.4 Å². The number of ether oxygens (including phenoxy) is 2. The zero-order chi connectivity index (χ0) is 14.8. The molecular weight excluding hydrogens is 270 g/mol. The maximum atomic E-state index is 11.9. The Morgan fingerprint density at radius 1 is 1.33 bits per heavy atom. The Morgan fingerprint density at radius 2 is 2.14 bits per heavy atom. The standard InChI is InChI=1S/C15H17N3O3/c1-10-5-15(19)18(17-7-10)8-12(16-2)11-3-4-13-14(6-11)21-9-20-13/h3-7,12,16H,8-9H2,1-2H3. The lowest BCUT2D eigenvalue weighted by Gasteiger charge is -2.17. The molecule has 1 aromatic heterocycles. The number of fused-ring (bicyclic) bond motifs is 1. The van der Waals surface area contributed by atoms with Gasteiger partial charge in [0.15, 0.2) is 11.5 Å². The van der Waals surface area contributed by atoms with Crippen LogP contribution in [0.25, 0.3) is 0 Å². The third-order valence-corrected chi connectivity index (χ3v) is 3.51. The lowest BCUT2D eigenvalue weighted by Crippen LogP contribution is -2.30. The van der Waals surface area contributed by atoms with Crippen LogP contribution in [0.2, 0.25) is 0 Å². The third kappa shape index (κ3) is 2.75. The van der Waals surface area contributed by atoms with Gasteiger partial charge in [-0.2, -0.15) is 5.10 Å². The predicted molar refractivity (Wildman–Crippen MR) is 77.6 cm³/mol. The highest BCUT2D eigenvalue weighted by molar-refractivity contribution is 5.45. The number of likely N-dealkylation sites (N-methyl/N-ethyl adjacent to an activating group) is 1. The van der Waals surface area contributed by atoms with Crippen LogP contribution < -0.4 is 20.3 Å². The Kier molecular flexibility index (Phi) is 3.62. The summed E-state index contributed by atoms with van der Waals surface area (Å²) in [5.41, 5.74) is 1.78. The molecule has 1 N–H and O–H groups in total. The summed E-state index contributed by atoms with van der Waals surface area (Å²) >= 11 is 0. The number of aromatic nitrogens is 2. The van der Waals surface area contributed by atoms with Gasteiger partial charge in [-0.3, -0.25) is 4.79 Å². The predicted octanol–water partition coefficient (Wildman–Crippen LogP) is 1.24.